The molecule has 3 heteroatoms. The zero-order chi connectivity index (χ0) is 13.8. The molecular formula is C17H18ClNO. The molecule has 0 aliphatic carbocycles. The fraction of sp³-hybridized carbons (Fsp3) is 0.294. The minimum absolute atomic E-state index is 0.302. The maximum atomic E-state index is 6.01. The van der Waals surface area contributed by atoms with Gasteiger partial charge in [0.25, 0.3) is 0 Å². The normalized spacial score (nSPS) is 16.1. The van der Waals surface area contributed by atoms with Crippen LogP contribution in [0.3, 0.4) is 0 Å². The van der Waals surface area contributed by atoms with E-state index in [4.69, 9.17) is 16.3 Å². The molecule has 1 fully saturated rings. The van der Waals surface area contributed by atoms with E-state index in [1.807, 2.05) is 24.3 Å². The van der Waals surface area contributed by atoms with Crippen LogP contribution in [0.5, 0.6) is 5.75 Å². The fourth-order valence-corrected chi connectivity index (χ4v) is 2.70. The first-order valence-electron chi connectivity index (χ1n) is 7.03. The van der Waals surface area contributed by atoms with E-state index >= 15 is 0 Å². The van der Waals surface area contributed by atoms with Crippen LogP contribution in [0.1, 0.15) is 12.8 Å². The van der Waals surface area contributed by atoms with Crippen LogP contribution >= 0.6 is 11.6 Å². The number of ether oxygens (including phenoxy) is 1. The van der Waals surface area contributed by atoms with Crippen LogP contribution in [-0.4, -0.2) is 19.2 Å². The van der Waals surface area contributed by atoms with Crippen molar-refractivity contribution in [2.24, 2.45) is 0 Å². The lowest BCUT2D eigenvalue weighted by molar-refractivity contribution is 0.171. The van der Waals surface area contributed by atoms with Crippen molar-refractivity contribution in [2.75, 3.05) is 18.0 Å². The van der Waals surface area contributed by atoms with Crippen LogP contribution < -0.4 is 9.64 Å². The lowest BCUT2D eigenvalue weighted by Crippen LogP contribution is -2.38. The van der Waals surface area contributed by atoms with Crippen molar-refractivity contribution in [3.05, 3.63) is 59.6 Å². The topological polar surface area (TPSA) is 12.5 Å². The first kappa shape index (κ1) is 13.3. The SMILES string of the molecule is Clc1ccc(OC2CCN(c3ccccc3)CC2)cc1. The van der Waals surface area contributed by atoms with Gasteiger partial charge in [-0.2, -0.15) is 0 Å². The van der Waals surface area contributed by atoms with Crippen molar-refractivity contribution in [1.82, 2.24) is 0 Å². The van der Waals surface area contributed by atoms with Gasteiger partial charge in [-0.25, -0.2) is 0 Å². The summed E-state index contributed by atoms with van der Waals surface area (Å²) >= 11 is 5.88. The van der Waals surface area contributed by atoms with Crippen molar-refractivity contribution >= 4 is 17.3 Å². The molecule has 1 saturated heterocycles. The summed E-state index contributed by atoms with van der Waals surface area (Å²) in [5, 5.41) is 0.747. The Morgan fingerprint density at radius 3 is 2.20 bits per heavy atom. The van der Waals surface area contributed by atoms with E-state index in [1.54, 1.807) is 0 Å². The second-order valence-electron chi connectivity index (χ2n) is 5.09. The lowest BCUT2D eigenvalue weighted by Gasteiger charge is -2.33. The van der Waals surface area contributed by atoms with Crippen molar-refractivity contribution in [2.45, 2.75) is 18.9 Å². The molecule has 104 valence electrons. The number of halogens is 1. The first-order valence-corrected chi connectivity index (χ1v) is 7.41. The van der Waals surface area contributed by atoms with Crippen LogP contribution in [0.4, 0.5) is 5.69 Å². The monoisotopic (exact) mass is 287 g/mol. The van der Waals surface area contributed by atoms with E-state index in [1.165, 1.54) is 5.69 Å². The molecule has 0 saturated carbocycles. The number of hydrogen-bond acceptors (Lipinski definition) is 2. The number of rotatable bonds is 3. The zero-order valence-corrected chi connectivity index (χ0v) is 12.1. The molecule has 0 unspecified atom stereocenters. The van der Waals surface area contributed by atoms with Gasteiger partial charge in [0.15, 0.2) is 0 Å². The van der Waals surface area contributed by atoms with Crippen LogP contribution in [0, 0.1) is 0 Å². The smallest absolute Gasteiger partial charge is 0.119 e. The molecule has 3 rings (SSSR count). The van der Waals surface area contributed by atoms with Gasteiger partial charge in [-0.3, -0.25) is 0 Å². The van der Waals surface area contributed by atoms with Crippen molar-refractivity contribution in [1.29, 1.82) is 0 Å². The summed E-state index contributed by atoms with van der Waals surface area (Å²) in [5.41, 5.74) is 1.30. The Morgan fingerprint density at radius 2 is 1.55 bits per heavy atom. The molecular weight excluding hydrogens is 270 g/mol. The Morgan fingerprint density at radius 1 is 0.900 bits per heavy atom. The number of anilines is 1. The summed E-state index contributed by atoms with van der Waals surface area (Å²) in [4.78, 5) is 2.42. The zero-order valence-electron chi connectivity index (χ0n) is 11.3. The third-order valence-corrected chi connectivity index (χ3v) is 3.93. The van der Waals surface area contributed by atoms with E-state index in [9.17, 15) is 0 Å². The summed E-state index contributed by atoms with van der Waals surface area (Å²) in [7, 11) is 0. The Labute approximate surface area is 124 Å². The standard InChI is InChI=1S/C17H18ClNO/c18-14-6-8-16(9-7-14)20-17-10-12-19(13-11-17)15-4-2-1-3-5-15/h1-9,17H,10-13H2. The number of piperidine rings is 1. The van der Waals surface area contributed by atoms with Gasteiger partial charge in [0.2, 0.25) is 0 Å². The van der Waals surface area contributed by atoms with E-state index in [0.29, 0.717) is 6.10 Å². The third kappa shape index (κ3) is 3.26. The van der Waals surface area contributed by atoms with Crippen LogP contribution in [0.2, 0.25) is 5.02 Å². The number of benzene rings is 2. The maximum Gasteiger partial charge on any atom is 0.119 e. The lowest BCUT2D eigenvalue weighted by atomic mass is 10.1. The van der Waals surface area contributed by atoms with Gasteiger partial charge >= 0.3 is 0 Å². The van der Waals surface area contributed by atoms with Crippen LogP contribution in [0.25, 0.3) is 0 Å². The molecule has 0 spiro atoms. The van der Waals surface area contributed by atoms with Gasteiger partial charge in [0.05, 0.1) is 0 Å². The average molecular weight is 288 g/mol. The van der Waals surface area contributed by atoms with Gasteiger partial charge in [0, 0.05) is 36.6 Å². The molecule has 2 aromatic carbocycles. The third-order valence-electron chi connectivity index (χ3n) is 3.68. The molecule has 0 atom stereocenters. The molecule has 1 aliphatic rings. The predicted molar refractivity (Wildman–Crippen MR) is 83.8 cm³/mol. The Bertz CT molecular complexity index is 533. The quantitative estimate of drug-likeness (QED) is 0.830. The predicted octanol–water partition coefficient (Wildman–Crippen LogP) is 4.39. The number of hydrogen-bond donors (Lipinski definition) is 0. The minimum atomic E-state index is 0.302. The fourth-order valence-electron chi connectivity index (χ4n) is 2.58. The van der Waals surface area contributed by atoms with Gasteiger partial charge < -0.3 is 9.64 Å². The van der Waals surface area contributed by atoms with Gasteiger partial charge in [-0.05, 0) is 36.4 Å². The second kappa shape index (κ2) is 6.19. The largest absolute Gasteiger partial charge is 0.490 e. The molecule has 0 amide bonds. The summed E-state index contributed by atoms with van der Waals surface area (Å²) in [6, 6.07) is 18.2. The molecule has 0 N–H and O–H groups in total. The summed E-state index contributed by atoms with van der Waals surface area (Å²) in [6.45, 7) is 2.09. The van der Waals surface area contributed by atoms with Crippen LogP contribution in [0.15, 0.2) is 54.6 Å². The highest BCUT2D eigenvalue weighted by atomic mass is 35.5. The Hall–Kier alpha value is -1.67. The van der Waals surface area contributed by atoms with Crippen molar-refractivity contribution in [3.8, 4) is 5.75 Å². The van der Waals surface area contributed by atoms with Gasteiger partial charge in [-0.15, -0.1) is 0 Å². The van der Waals surface area contributed by atoms with E-state index < -0.39 is 0 Å². The van der Waals surface area contributed by atoms with Gasteiger partial charge in [-0.1, -0.05) is 29.8 Å². The molecule has 0 bridgehead atoms. The number of para-hydroxylation sites is 1. The van der Waals surface area contributed by atoms with E-state index in [2.05, 4.69) is 35.2 Å². The highest BCUT2D eigenvalue weighted by Gasteiger charge is 2.20. The van der Waals surface area contributed by atoms with Crippen LogP contribution in [-0.2, 0) is 0 Å². The van der Waals surface area contributed by atoms with Crippen molar-refractivity contribution < 1.29 is 4.74 Å². The maximum absolute atomic E-state index is 6.01. The van der Waals surface area contributed by atoms with Gasteiger partial charge in [0.1, 0.15) is 11.9 Å². The molecule has 0 radical (unpaired) electrons. The molecule has 0 aromatic heterocycles. The van der Waals surface area contributed by atoms with Crippen molar-refractivity contribution in [3.63, 3.8) is 0 Å². The minimum Gasteiger partial charge on any atom is -0.490 e. The first-order chi connectivity index (χ1) is 9.81. The molecule has 1 heterocycles. The summed E-state index contributed by atoms with van der Waals surface area (Å²) < 4.78 is 6.01. The van der Waals surface area contributed by atoms with E-state index in [0.717, 1.165) is 36.7 Å². The summed E-state index contributed by atoms with van der Waals surface area (Å²) in [6.07, 6.45) is 2.41. The highest BCUT2D eigenvalue weighted by molar-refractivity contribution is 6.30. The molecule has 2 nitrogen and oxygen atoms in total. The highest BCUT2D eigenvalue weighted by Crippen LogP contribution is 2.23. The Balaban J connectivity index is 1.55. The molecule has 1 aliphatic heterocycles. The number of nitrogens with zero attached hydrogens (tertiary/aromatic N) is 1. The summed E-state index contributed by atoms with van der Waals surface area (Å²) in [5.74, 6) is 0.910. The molecule has 20 heavy (non-hydrogen) atoms. The second-order valence-corrected chi connectivity index (χ2v) is 5.53. The van der Waals surface area contributed by atoms with E-state index in [-0.39, 0.29) is 0 Å². The Kier molecular flexibility index (Phi) is 4.12. The average Bonchev–Trinajstić information content (AvgIpc) is 2.51. The molecule has 2 aromatic rings.